The van der Waals surface area contributed by atoms with Gasteiger partial charge in [-0.2, -0.15) is 0 Å². The molecule has 2 aromatic rings. The van der Waals surface area contributed by atoms with Crippen LogP contribution in [0.2, 0.25) is 5.02 Å². The summed E-state index contributed by atoms with van der Waals surface area (Å²) in [5.41, 5.74) is 1.12. The first-order valence-corrected chi connectivity index (χ1v) is 11.8. The average molecular weight is 421 g/mol. The number of aromatic nitrogens is 2. The first-order chi connectivity index (χ1) is 13.5. The molecule has 2 heterocycles. The number of sulfone groups is 1. The van der Waals surface area contributed by atoms with E-state index in [0.29, 0.717) is 0 Å². The van der Waals surface area contributed by atoms with Crippen molar-refractivity contribution in [3.63, 3.8) is 0 Å². The number of nitrogens with zero attached hydrogens (tertiary/aromatic N) is 4. The van der Waals surface area contributed by atoms with E-state index in [9.17, 15) is 8.42 Å². The number of halogens is 1. The Morgan fingerprint density at radius 2 is 1.61 bits per heavy atom. The van der Waals surface area contributed by atoms with E-state index in [0.717, 1.165) is 74.8 Å². The zero-order valence-electron chi connectivity index (χ0n) is 15.8. The van der Waals surface area contributed by atoms with Crippen LogP contribution in [0.15, 0.2) is 41.4 Å². The molecule has 4 rings (SSSR count). The Hall–Kier alpha value is -1.86. The van der Waals surface area contributed by atoms with Crippen LogP contribution < -0.4 is 9.80 Å². The molecule has 8 heteroatoms. The van der Waals surface area contributed by atoms with Gasteiger partial charge in [0, 0.05) is 36.9 Å². The highest BCUT2D eigenvalue weighted by Gasteiger charge is 2.30. The van der Waals surface area contributed by atoms with Crippen molar-refractivity contribution >= 4 is 32.9 Å². The summed E-state index contributed by atoms with van der Waals surface area (Å²) in [6.07, 6.45) is 4.55. The monoisotopic (exact) mass is 420 g/mol. The summed E-state index contributed by atoms with van der Waals surface area (Å²) in [5, 5.41) is 8.86. The van der Waals surface area contributed by atoms with Crippen LogP contribution in [0.25, 0.3) is 0 Å². The quantitative estimate of drug-likeness (QED) is 0.753. The van der Waals surface area contributed by atoms with Gasteiger partial charge < -0.3 is 9.80 Å². The third-order valence-electron chi connectivity index (χ3n) is 5.69. The van der Waals surface area contributed by atoms with Crippen molar-refractivity contribution in [1.29, 1.82) is 0 Å². The molecule has 1 aliphatic carbocycles. The first-order valence-electron chi connectivity index (χ1n) is 9.87. The van der Waals surface area contributed by atoms with Gasteiger partial charge in [-0.25, -0.2) is 8.42 Å². The molecule has 0 amide bonds. The van der Waals surface area contributed by atoms with Crippen LogP contribution in [0.1, 0.15) is 32.1 Å². The number of hydrogen-bond donors (Lipinski definition) is 0. The highest BCUT2D eigenvalue weighted by atomic mass is 35.5. The second-order valence-electron chi connectivity index (χ2n) is 7.49. The van der Waals surface area contributed by atoms with Crippen LogP contribution in [0, 0.1) is 0 Å². The van der Waals surface area contributed by atoms with Crippen LogP contribution in [0.5, 0.6) is 0 Å². The molecule has 2 aliphatic rings. The lowest BCUT2D eigenvalue weighted by Gasteiger charge is -2.36. The maximum atomic E-state index is 12.8. The summed E-state index contributed by atoms with van der Waals surface area (Å²) in [6, 6.07) is 11.3. The Bertz CT molecular complexity index is 906. The van der Waals surface area contributed by atoms with E-state index in [1.807, 2.05) is 18.2 Å². The van der Waals surface area contributed by atoms with Crippen LogP contribution in [-0.2, 0) is 9.84 Å². The molecule has 0 spiro atoms. The number of benzene rings is 1. The van der Waals surface area contributed by atoms with Crippen molar-refractivity contribution < 1.29 is 8.42 Å². The second-order valence-corrected chi connectivity index (χ2v) is 10.1. The Morgan fingerprint density at radius 3 is 2.25 bits per heavy atom. The Balaban J connectivity index is 1.41. The Morgan fingerprint density at radius 1 is 0.893 bits per heavy atom. The lowest BCUT2D eigenvalue weighted by atomic mass is 10.0. The minimum Gasteiger partial charge on any atom is -0.368 e. The smallest absolute Gasteiger partial charge is 0.200 e. The summed E-state index contributed by atoms with van der Waals surface area (Å²) >= 11 is 6.09. The zero-order chi connectivity index (χ0) is 19.6. The highest BCUT2D eigenvalue weighted by molar-refractivity contribution is 7.92. The molecule has 1 aliphatic heterocycles. The number of hydrogen-bond acceptors (Lipinski definition) is 6. The molecular weight excluding hydrogens is 396 g/mol. The molecule has 0 radical (unpaired) electrons. The molecule has 150 valence electrons. The maximum absolute atomic E-state index is 12.8. The molecule has 28 heavy (non-hydrogen) atoms. The Labute approximate surface area is 171 Å². The molecule has 6 nitrogen and oxygen atoms in total. The Kier molecular flexibility index (Phi) is 5.73. The van der Waals surface area contributed by atoms with Gasteiger partial charge in [0.2, 0.25) is 0 Å². The average Bonchev–Trinajstić information content (AvgIpc) is 2.75. The van der Waals surface area contributed by atoms with Gasteiger partial charge in [0.25, 0.3) is 0 Å². The largest absolute Gasteiger partial charge is 0.368 e. The SMILES string of the molecule is O=S(=O)(c1ccc(N2CCN(c3cccc(Cl)c3)CC2)nn1)C1CCCCC1. The third kappa shape index (κ3) is 4.10. The molecule has 0 unspecified atom stereocenters. The number of piperazine rings is 1. The van der Waals surface area contributed by atoms with Gasteiger partial charge in [-0.15, -0.1) is 10.2 Å². The van der Waals surface area contributed by atoms with Gasteiger partial charge in [-0.3, -0.25) is 0 Å². The normalized spacial score (nSPS) is 19.0. The minimum atomic E-state index is -3.37. The fraction of sp³-hybridized carbons (Fsp3) is 0.500. The van der Waals surface area contributed by atoms with E-state index in [4.69, 9.17) is 11.6 Å². The number of rotatable bonds is 4. The van der Waals surface area contributed by atoms with Crippen molar-refractivity contribution in [1.82, 2.24) is 10.2 Å². The predicted molar refractivity (Wildman–Crippen MR) is 112 cm³/mol. The minimum absolute atomic E-state index is 0.112. The van der Waals surface area contributed by atoms with Crippen LogP contribution in [0.4, 0.5) is 11.5 Å². The van der Waals surface area contributed by atoms with E-state index < -0.39 is 9.84 Å². The molecule has 1 aromatic heterocycles. The summed E-state index contributed by atoms with van der Waals surface area (Å²) in [6.45, 7) is 3.31. The molecule has 0 N–H and O–H groups in total. The number of anilines is 2. The standard InChI is InChI=1S/C20H25ClN4O2S/c21-16-5-4-6-17(15-16)24-11-13-25(14-12-24)19-9-10-20(23-22-19)28(26,27)18-7-2-1-3-8-18/h4-6,9-10,15,18H,1-3,7-8,11-14H2. The van der Waals surface area contributed by atoms with Gasteiger partial charge in [-0.05, 0) is 43.2 Å². The summed E-state index contributed by atoms with van der Waals surface area (Å²) < 4.78 is 25.5. The van der Waals surface area contributed by atoms with Crippen LogP contribution in [-0.4, -0.2) is 50.0 Å². The van der Waals surface area contributed by atoms with Gasteiger partial charge in [0.05, 0.1) is 5.25 Å². The van der Waals surface area contributed by atoms with Crippen molar-refractivity contribution in [3.05, 3.63) is 41.4 Å². The van der Waals surface area contributed by atoms with E-state index >= 15 is 0 Å². The molecule has 0 atom stereocenters. The van der Waals surface area contributed by atoms with Crippen molar-refractivity contribution in [2.45, 2.75) is 42.4 Å². The third-order valence-corrected chi connectivity index (χ3v) is 8.07. The van der Waals surface area contributed by atoms with Gasteiger partial charge in [0.15, 0.2) is 20.7 Å². The lowest BCUT2D eigenvalue weighted by molar-refractivity contribution is 0.481. The van der Waals surface area contributed by atoms with Crippen LogP contribution in [0.3, 0.4) is 0 Å². The van der Waals surface area contributed by atoms with Crippen molar-refractivity contribution in [2.75, 3.05) is 36.0 Å². The molecule has 1 saturated heterocycles. The molecule has 1 saturated carbocycles. The molecule has 2 fully saturated rings. The van der Waals surface area contributed by atoms with Gasteiger partial charge in [-0.1, -0.05) is 36.9 Å². The van der Waals surface area contributed by atoms with Crippen molar-refractivity contribution in [2.24, 2.45) is 0 Å². The van der Waals surface area contributed by atoms with E-state index in [1.54, 1.807) is 12.1 Å². The first kappa shape index (κ1) is 19.5. The topological polar surface area (TPSA) is 66.4 Å². The van der Waals surface area contributed by atoms with E-state index in [-0.39, 0.29) is 10.3 Å². The highest BCUT2D eigenvalue weighted by Crippen LogP contribution is 2.28. The lowest BCUT2D eigenvalue weighted by Crippen LogP contribution is -2.46. The molecule has 0 bridgehead atoms. The summed E-state index contributed by atoms with van der Waals surface area (Å²) in [7, 11) is -3.37. The van der Waals surface area contributed by atoms with E-state index in [1.165, 1.54) is 0 Å². The van der Waals surface area contributed by atoms with Gasteiger partial charge >= 0.3 is 0 Å². The predicted octanol–water partition coefficient (Wildman–Crippen LogP) is 3.56. The van der Waals surface area contributed by atoms with Gasteiger partial charge in [0.1, 0.15) is 0 Å². The second kappa shape index (κ2) is 8.25. The van der Waals surface area contributed by atoms with Crippen LogP contribution >= 0.6 is 11.6 Å². The summed E-state index contributed by atoms with van der Waals surface area (Å²) in [4.78, 5) is 4.43. The fourth-order valence-corrected chi connectivity index (χ4v) is 5.94. The van der Waals surface area contributed by atoms with Crippen molar-refractivity contribution in [3.8, 4) is 0 Å². The summed E-state index contributed by atoms with van der Waals surface area (Å²) in [5.74, 6) is 0.730. The maximum Gasteiger partial charge on any atom is 0.200 e. The molecule has 1 aromatic carbocycles. The fourth-order valence-electron chi connectivity index (χ4n) is 4.05. The molecular formula is C20H25ClN4O2S. The zero-order valence-corrected chi connectivity index (χ0v) is 17.4. The van der Waals surface area contributed by atoms with E-state index in [2.05, 4.69) is 26.1 Å².